The van der Waals surface area contributed by atoms with Crippen LogP contribution in [0.4, 0.5) is 0 Å². The molecule has 0 aliphatic heterocycles. The predicted octanol–water partition coefficient (Wildman–Crippen LogP) is 2.38. The summed E-state index contributed by atoms with van der Waals surface area (Å²) < 4.78 is 5.34. The number of carboxylic acids is 1. The van der Waals surface area contributed by atoms with Crippen molar-refractivity contribution in [2.45, 2.75) is 39.7 Å². The van der Waals surface area contributed by atoms with Crippen LogP contribution in [0.2, 0.25) is 0 Å². The highest BCUT2D eigenvalue weighted by Gasteiger charge is 2.14. The number of carboxylic acid groups (broad SMARTS) is 1. The zero-order valence-electron chi connectivity index (χ0n) is 12.1. The molecule has 1 aromatic rings. The van der Waals surface area contributed by atoms with Gasteiger partial charge in [-0.2, -0.15) is 0 Å². The number of hydrogen-bond donors (Lipinski definition) is 2. The number of carbonyl (C=O) groups excluding carboxylic acids is 1. The van der Waals surface area contributed by atoms with E-state index >= 15 is 0 Å². The highest BCUT2D eigenvalue weighted by Crippen LogP contribution is 2.20. The molecule has 0 radical (unpaired) electrons. The average molecular weight is 279 g/mol. The van der Waals surface area contributed by atoms with E-state index in [4.69, 9.17) is 9.84 Å². The van der Waals surface area contributed by atoms with Crippen LogP contribution in [-0.2, 0) is 4.79 Å². The fourth-order valence-electron chi connectivity index (χ4n) is 1.83. The number of rotatable bonds is 7. The van der Waals surface area contributed by atoms with E-state index in [2.05, 4.69) is 5.32 Å². The first kappa shape index (κ1) is 16.0. The number of carbonyl (C=O) groups is 2. The van der Waals surface area contributed by atoms with Crippen molar-refractivity contribution in [3.8, 4) is 5.75 Å². The van der Waals surface area contributed by atoms with Crippen molar-refractivity contribution in [2.24, 2.45) is 0 Å². The maximum absolute atomic E-state index is 11.7. The first-order valence-corrected chi connectivity index (χ1v) is 6.74. The Kier molecular flexibility index (Phi) is 6.03. The highest BCUT2D eigenvalue weighted by atomic mass is 16.5. The van der Waals surface area contributed by atoms with Crippen molar-refractivity contribution < 1.29 is 19.4 Å². The summed E-state index contributed by atoms with van der Waals surface area (Å²) in [6.45, 7) is 5.65. The zero-order valence-corrected chi connectivity index (χ0v) is 12.1. The number of aryl methyl sites for hydroxylation is 1. The van der Waals surface area contributed by atoms with Crippen LogP contribution in [-0.4, -0.2) is 29.6 Å². The van der Waals surface area contributed by atoms with E-state index in [0.29, 0.717) is 0 Å². The van der Waals surface area contributed by atoms with Crippen LogP contribution >= 0.6 is 0 Å². The lowest BCUT2D eigenvalue weighted by Crippen LogP contribution is -2.37. The fourth-order valence-corrected chi connectivity index (χ4v) is 1.83. The molecule has 0 bridgehead atoms. The van der Waals surface area contributed by atoms with Crippen LogP contribution in [0.15, 0.2) is 18.2 Å². The van der Waals surface area contributed by atoms with Crippen LogP contribution < -0.4 is 10.1 Å². The normalized spacial score (nSPS) is 10.4. The molecule has 0 spiro atoms. The number of ether oxygens (including phenoxy) is 1. The molecule has 1 amide bonds. The third kappa shape index (κ3) is 4.57. The third-order valence-electron chi connectivity index (χ3n) is 3.08. The van der Waals surface area contributed by atoms with Gasteiger partial charge in [0.05, 0.1) is 0 Å². The van der Waals surface area contributed by atoms with Gasteiger partial charge in [-0.3, -0.25) is 4.79 Å². The van der Waals surface area contributed by atoms with Gasteiger partial charge < -0.3 is 15.2 Å². The summed E-state index contributed by atoms with van der Waals surface area (Å²) in [6.07, 6.45) is 1.71. The molecule has 1 rings (SSSR count). The summed E-state index contributed by atoms with van der Waals surface area (Å²) in [7, 11) is 0. The van der Waals surface area contributed by atoms with Crippen LogP contribution in [0.1, 0.15) is 42.6 Å². The Bertz CT molecular complexity index is 481. The lowest BCUT2D eigenvalue weighted by molar-refractivity contribution is -0.123. The summed E-state index contributed by atoms with van der Waals surface area (Å²) in [6, 6.07) is 4.92. The van der Waals surface area contributed by atoms with E-state index in [-0.39, 0.29) is 29.9 Å². The van der Waals surface area contributed by atoms with Crippen molar-refractivity contribution >= 4 is 11.9 Å². The molecule has 20 heavy (non-hydrogen) atoms. The van der Waals surface area contributed by atoms with Gasteiger partial charge in [-0.05, 0) is 37.5 Å². The van der Waals surface area contributed by atoms with E-state index < -0.39 is 5.97 Å². The minimum Gasteiger partial charge on any atom is -0.483 e. The first-order valence-electron chi connectivity index (χ1n) is 6.74. The Morgan fingerprint density at radius 3 is 2.50 bits per heavy atom. The second-order valence-corrected chi connectivity index (χ2v) is 4.67. The van der Waals surface area contributed by atoms with Crippen molar-refractivity contribution in [3.05, 3.63) is 29.3 Å². The van der Waals surface area contributed by atoms with Crippen LogP contribution in [0.25, 0.3) is 0 Å². The maximum Gasteiger partial charge on any atom is 0.339 e. The Balaban J connectivity index is 2.67. The summed E-state index contributed by atoms with van der Waals surface area (Å²) in [5.41, 5.74) is 0.941. The van der Waals surface area contributed by atoms with Gasteiger partial charge in [0.15, 0.2) is 6.61 Å². The molecule has 5 heteroatoms. The van der Waals surface area contributed by atoms with Gasteiger partial charge in [-0.15, -0.1) is 0 Å². The van der Waals surface area contributed by atoms with E-state index in [9.17, 15) is 9.59 Å². The second-order valence-electron chi connectivity index (χ2n) is 4.67. The SMILES string of the molecule is CCC(CC)NC(=O)COc1cc(C)ccc1C(=O)O. The highest BCUT2D eigenvalue weighted by molar-refractivity contribution is 5.91. The predicted molar refractivity (Wildman–Crippen MR) is 76.1 cm³/mol. The Labute approximate surface area is 118 Å². The molecule has 0 saturated carbocycles. The topological polar surface area (TPSA) is 75.6 Å². The average Bonchev–Trinajstić information content (AvgIpc) is 2.42. The first-order chi connectivity index (χ1) is 9.47. The van der Waals surface area contributed by atoms with Gasteiger partial charge in [-0.25, -0.2) is 4.79 Å². The van der Waals surface area contributed by atoms with Crippen LogP contribution in [0.5, 0.6) is 5.75 Å². The summed E-state index contributed by atoms with van der Waals surface area (Å²) in [5.74, 6) is -1.09. The van der Waals surface area contributed by atoms with Gasteiger partial charge in [0.25, 0.3) is 5.91 Å². The lowest BCUT2D eigenvalue weighted by atomic mass is 10.1. The summed E-state index contributed by atoms with van der Waals surface area (Å²) in [5, 5.41) is 11.9. The molecule has 0 heterocycles. The molecule has 0 aliphatic rings. The Hall–Kier alpha value is -2.04. The Morgan fingerprint density at radius 1 is 1.30 bits per heavy atom. The number of hydrogen-bond acceptors (Lipinski definition) is 3. The number of aromatic carboxylic acids is 1. The quantitative estimate of drug-likeness (QED) is 0.803. The minimum absolute atomic E-state index is 0.0610. The maximum atomic E-state index is 11.7. The monoisotopic (exact) mass is 279 g/mol. The van der Waals surface area contributed by atoms with Gasteiger partial charge in [0.2, 0.25) is 0 Å². The standard InChI is InChI=1S/C15H21NO4/c1-4-11(5-2)16-14(17)9-20-13-8-10(3)6-7-12(13)15(18)19/h6-8,11H,4-5,9H2,1-3H3,(H,16,17)(H,18,19). The molecule has 2 N–H and O–H groups in total. The zero-order chi connectivity index (χ0) is 15.1. The molecule has 5 nitrogen and oxygen atoms in total. The fraction of sp³-hybridized carbons (Fsp3) is 0.467. The Morgan fingerprint density at radius 2 is 1.95 bits per heavy atom. The largest absolute Gasteiger partial charge is 0.483 e. The van der Waals surface area contributed by atoms with Crippen molar-refractivity contribution in [1.82, 2.24) is 5.32 Å². The smallest absolute Gasteiger partial charge is 0.339 e. The molecule has 0 unspecified atom stereocenters. The summed E-state index contributed by atoms with van der Waals surface area (Å²) >= 11 is 0. The molecule has 110 valence electrons. The molecule has 0 fully saturated rings. The summed E-state index contributed by atoms with van der Waals surface area (Å²) in [4.78, 5) is 22.8. The van der Waals surface area contributed by atoms with Gasteiger partial charge in [0.1, 0.15) is 11.3 Å². The number of nitrogens with one attached hydrogen (secondary N) is 1. The van der Waals surface area contributed by atoms with E-state index in [1.54, 1.807) is 12.1 Å². The minimum atomic E-state index is -1.07. The van der Waals surface area contributed by atoms with Gasteiger partial charge >= 0.3 is 5.97 Å². The molecule has 1 aromatic carbocycles. The molecular formula is C15H21NO4. The second kappa shape index (κ2) is 7.53. The third-order valence-corrected chi connectivity index (χ3v) is 3.08. The number of amides is 1. The molecular weight excluding hydrogens is 258 g/mol. The van der Waals surface area contributed by atoms with E-state index in [0.717, 1.165) is 18.4 Å². The van der Waals surface area contributed by atoms with Gasteiger partial charge in [-0.1, -0.05) is 19.9 Å². The number of benzene rings is 1. The van der Waals surface area contributed by atoms with Crippen LogP contribution in [0, 0.1) is 6.92 Å². The molecule has 0 aliphatic carbocycles. The van der Waals surface area contributed by atoms with Gasteiger partial charge in [0, 0.05) is 6.04 Å². The van der Waals surface area contributed by atoms with Crippen molar-refractivity contribution in [3.63, 3.8) is 0 Å². The van der Waals surface area contributed by atoms with Crippen LogP contribution in [0.3, 0.4) is 0 Å². The van der Waals surface area contributed by atoms with Crippen molar-refractivity contribution in [1.29, 1.82) is 0 Å². The van der Waals surface area contributed by atoms with Crippen molar-refractivity contribution in [2.75, 3.05) is 6.61 Å². The molecule has 0 saturated heterocycles. The lowest BCUT2D eigenvalue weighted by Gasteiger charge is -2.15. The van der Waals surface area contributed by atoms with E-state index in [1.165, 1.54) is 6.07 Å². The molecule has 0 aromatic heterocycles. The van der Waals surface area contributed by atoms with E-state index in [1.807, 2.05) is 20.8 Å². The molecule has 0 atom stereocenters.